The van der Waals surface area contributed by atoms with E-state index in [1.807, 2.05) is 6.92 Å². The molecule has 1 heterocycles. The lowest BCUT2D eigenvalue weighted by atomic mass is 10.1. The molecule has 0 atom stereocenters. The molecule has 6 heteroatoms. The van der Waals surface area contributed by atoms with Crippen LogP contribution in [0.3, 0.4) is 0 Å². The van der Waals surface area contributed by atoms with Crippen LogP contribution in [0.15, 0.2) is 40.7 Å². The van der Waals surface area contributed by atoms with Crippen molar-refractivity contribution in [3.63, 3.8) is 0 Å². The van der Waals surface area contributed by atoms with Crippen LogP contribution in [0.25, 0.3) is 0 Å². The van der Waals surface area contributed by atoms with Gasteiger partial charge in [0, 0.05) is 37.1 Å². The molecule has 0 spiro atoms. The molecule has 0 aliphatic heterocycles. The lowest BCUT2D eigenvalue weighted by Crippen LogP contribution is -2.38. The summed E-state index contributed by atoms with van der Waals surface area (Å²) in [6.45, 7) is 6.79. The Kier molecular flexibility index (Phi) is 11.5. The van der Waals surface area contributed by atoms with Crippen LogP contribution in [-0.4, -0.2) is 30.6 Å². The quantitative estimate of drug-likeness (QED) is 0.249. The van der Waals surface area contributed by atoms with Crippen LogP contribution >= 0.6 is 35.3 Å². The second-order valence-electron chi connectivity index (χ2n) is 5.76. The van der Waals surface area contributed by atoms with Crippen molar-refractivity contribution < 1.29 is 0 Å². The third-order valence-corrected chi connectivity index (χ3v) is 4.63. The van der Waals surface area contributed by atoms with Crippen molar-refractivity contribution in [3.05, 3.63) is 52.0 Å². The summed E-state index contributed by atoms with van der Waals surface area (Å²) in [6.07, 6.45) is 4.24. The number of thiazole rings is 1. The summed E-state index contributed by atoms with van der Waals surface area (Å²) in [6, 6.07) is 10.6. The van der Waals surface area contributed by atoms with Gasteiger partial charge in [0.25, 0.3) is 0 Å². The van der Waals surface area contributed by atoms with Gasteiger partial charge in [-0.25, -0.2) is 4.98 Å². The summed E-state index contributed by atoms with van der Waals surface area (Å²) < 4.78 is 0. The maximum Gasteiger partial charge on any atom is 0.191 e. The van der Waals surface area contributed by atoms with Crippen molar-refractivity contribution >= 4 is 41.3 Å². The van der Waals surface area contributed by atoms with Crippen LogP contribution in [0, 0.1) is 6.92 Å². The topological polar surface area (TPSA) is 49.3 Å². The Balaban J connectivity index is 0.00000312. The first kappa shape index (κ1) is 21.9. The van der Waals surface area contributed by atoms with E-state index in [9.17, 15) is 0 Å². The van der Waals surface area contributed by atoms with E-state index in [1.54, 1.807) is 11.3 Å². The number of rotatable bonds is 9. The van der Waals surface area contributed by atoms with Crippen LogP contribution in [-0.2, 0) is 12.8 Å². The first-order valence-corrected chi connectivity index (χ1v) is 9.63. The Morgan fingerprint density at radius 2 is 1.92 bits per heavy atom. The predicted octanol–water partition coefficient (Wildman–Crippen LogP) is 4.19. The molecule has 25 heavy (non-hydrogen) atoms. The zero-order valence-corrected chi connectivity index (χ0v) is 18.3. The number of guanidine groups is 1. The summed E-state index contributed by atoms with van der Waals surface area (Å²) >= 11 is 1.75. The van der Waals surface area contributed by atoms with Crippen LogP contribution in [0.2, 0.25) is 0 Å². The maximum absolute atomic E-state index is 4.66. The molecule has 0 radical (unpaired) electrons. The van der Waals surface area contributed by atoms with Crippen LogP contribution in [0.4, 0.5) is 0 Å². The summed E-state index contributed by atoms with van der Waals surface area (Å²) in [5.41, 5.74) is 2.50. The van der Waals surface area contributed by atoms with Crippen LogP contribution in [0.1, 0.15) is 36.0 Å². The molecule has 0 unspecified atom stereocenters. The predicted molar refractivity (Wildman–Crippen MR) is 119 cm³/mol. The molecule has 0 saturated carbocycles. The number of aromatic nitrogens is 1. The Bertz CT molecular complexity index is 613. The molecule has 0 fully saturated rings. The number of halogens is 1. The summed E-state index contributed by atoms with van der Waals surface area (Å²) in [7, 11) is 0. The lowest BCUT2D eigenvalue weighted by Gasteiger charge is -2.10. The summed E-state index contributed by atoms with van der Waals surface area (Å²) in [5, 5.41) is 10.1. The molecule has 0 amide bonds. The van der Waals surface area contributed by atoms with Gasteiger partial charge in [0.2, 0.25) is 0 Å². The zero-order chi connectivity index (χ0) is 17.0. The number of aliphatic imine (C=N–C) groups is 1. The molecule has 0 bridgehead atoms. The van der Waals surface area contributed by atoms with Crippen molar-refractivity contribution in [1.29, 1.82) is 0 Å². The molecule has 0 aliphatic carbocycles. The molecule has 2 N–H and O–H groups in total. The average Bonchev–Trinajstić information content (AvgIpc) is 3.01. The van der Waals surface area contributed by atoms with E-state index < -0.39 is 0 Å². The molecule has 138 valence electrons. The lowest BCUT2D eigenvalue weighted by molar-refractivity contribution is 0.734. The highest BCUT2D eigenvalue weighted by molar-refractivity contribution is 14.0. The zero-order valence-electron chi connectivity index (χ0n) is 15.1. The molecule has 0 aliphatic rings. The Hall–Kier alpha value is -1.15. The minimum Gasteiger partial charge on any atom is -0.357 e. The number of hydrogen-bond donors (Lipinski definition) is 2. The van der Waals surface area contributed by atoms with Gasteiger partial charge < -0.3 is 10.6 Å². The number of hydrogen-bond acceptors (Lipinski definition) is 3. The molecular formula is C19H29IN4S. The van der Waals surface area contributed by atoms with Gasteiger partial charge in [-0.1, -0.05) is 30.3 Å². The average molecular weight is 472 g/mol. The number of nitrogens with zero attached hydrogens (tertiary/aromatic N) is 2. The molecular weight excluding hydrogens is 443 g/mol. The first-order valence-electron chi connectivity index (χ1n) is 8.75. The fraction of sp³-hybridized carbons (Fsp3) is 0.474. The third kappa shape index (κ3) is 9.21. The second-order valence-corrected chi connectivity index (χ2v) is 6.71. The van der Waals surface area contributed by atoms with E-state index in [2.05, 4.69) is 63.2 Å². The molecule has 1 aromatic carbocycles. The molecule has 2 aromatic rings. The van der Waals surface area contributed by atoms with Gasteiger partial charge in [-0.2, -0.15) is 0 Å². The van der Waals surface area contributed by atoms with E-state index in [0.717, 1.165) is 57.0 Å². The largest absolute Gasteiger partial charge is 0.357 e. The van der Waals surface area contributed by atoms with Gasteiger partial charge in [0.05, 0.1) is 5.01 Å². The minimum atomic E-state index is 0. The minimum absolute atomic E-state index is 0. The van der Waals surface area contributed by atoms with Crippen molar-refractivity contribution in [3.8, 4) is 0 Å². The van der Waals surface area contributed by atoms with Gasteiger partial charge in [-0.15, -0.1) is 35.3 Å². The summed E-state index contributed by atoms with van der Waals surface area (Å²) in [5.74, 6) is 0.917. The standard InChI is InChI=1S/C19H28N4S.HI/c1-3-20-19(21-13-7-11-17-9-5-4-6-10-17)22-14-8-12-18-23-16(2)15-24-18;/h4-6,9-10,15H,3,7-8,11-14H2,1-2H3,(H2,20,21,22);1H. The van der Waals surface area contributed by atoms with E-state index >= 15 is 0 Å². The number of benzene rings is 1. The van der Waals surface area contributed by atoms with Crippen molar-refractivity contribution in [1.82, 2.24) is 15.6 Å². The van der Waals surface area contributed by atoms with E-state index in [1.165, 1.54) is 10.6 Å². The fourth-order valence-electron chi connectivity index (χ4n) is 2.42. The van der Waals surface area contributed by atoms with Gasteiger partial charge in [0.15, 0.2) is 5.96 Å². The van der Waals surface area contributed by atoms with E-state index in [4.69, 9.17) is 0 Å². The Morgan fingerprint density at radius 1 is 1.12 bits per heavy atom. The third-order valence-electron chi connectivity index (χ3n) is 3.61. The van der Waals surface area contributed by atoms with Crippen LogP contribution < -0.4 is 10.6 Å². The van der Waals surface area contributed by atoms with E-state index in [-0.39, 0.29) is 24.0 Å². The highest BCUT2D eigenvalue weighted by Crippen LogP contribution is 2.10. The SMILES string of the molecule is CCNC(=NCCCc1ccccc1)NCCCc1nc(C)cs1.I. The summed E-state index contributed by atoms with van der Waals surface area (Å²) in [4.78, 5) is 9.16. The first-order chi connectivity index (χ1) is 11.8. The second kappa shape index (κ2) is 13.1. The van der Waals surface area contributed by atoms with Crippen LogP contribution in [0.5, 0.6) is 0 Å². The fourth-order valence-corrected chi connectivity index (χ4v) is 3.24. The van der Waals surface area contributed by atoms with Crippen molar-refractivity contribution in [2.75, 3.05) is 19.6 Å². The van der Waals surface area contributed by atoms with E-state index in [0.29, 0.717) is 0 Å². The van der Waals surface area contributed by atoms with Gasteiger partial charge in [-0.05, 0) is 38.7 Å². The Labute approximate surface area is 172 Å². The highest BCUT2D eigenvalue weighted by Gasteiger charge is 2.00. The molecule has 0 saturated heterocycles. The normalized spacial score (nSPS) is 11.0. The van der Waals surface area contributed by atoms with Crippen molar-refractivity contribution in [2.24, 2.45) is 4.99 Å². The Morgan fingerprint density at radius 3 is 2.60 bits per heavy atom. The van der Waals surface area contributed by atoms with Gasteiger partial charge >= 0.3 is 0 Å². The number of aryl methyl sites for hydroxylation is 3. The smallest absolute Gasteiger partial charge is 0.191 e. The van der Waals surface area contributed by atoms with Gasteiger partial charge in [0.1, 0.15) is 0 Å². The number of nitrogens with one attached hydrogen (secondary N) is 2. The maximum atomic E-state index is 4.66. The molecule has 2 rings (SSSR count). The highest BCUT2D eigenvalue weighted by atomic mass is 127. The molecule has 4 nitrogen and oxygen atoms in total. The van der Waals surface area contributed by atoms with Gasteiger partial charge in [-0.3, -0.25) is 4.99 Å². The molecule has 1 aromatic heterocycles. The van der Waals surface area contributed by atoms with Crippen molar-refractivity contribution in [2.45, 2.75) is 39.5 Å². The monoisotopic (exact) mass is 472 g/mol.